The number of amides is 2. The van der Waals surface area contributed by atoms with Gasteiger partial charge in [0.2, 0.25) is 0 Å². The summed E-state index contributed by atoms with van der Waals surface area (Å²) in [6, 6.07) is 0.109. The van der Waals surface area contributed by atoms with E-state index in [0.717, 1.165) is 45.1 Å². The van der Waals surface area contributed by atoms with E-state index in [1.54, 1.807) is 0 Å². The van der Waals surface area contributed by atoms with Crippen LogP contribution in [0.25, 0.3) is 0 Å². The van der Waals surface area contributed by atoms with E-state index in [4.69, 9.17) is 0 Å². The molecule has 2 saturated heterocycles. The number of nitrogens with zero attached hydrogens (tertiary/aromatic N) is 1. The first-order chi connectivity index (χ1) is 6.81. The van der Waals surface area contributed by atoms with Crippen LogP contribution in [0.4, 0.5) is 4.79 Å². The van der Waals surface area contributed by atoms with Crippen molar-refractivity contribution in [2.24, 2.45) is 11.8 Å². The molecule has 0 aromatic rings. The van der Waals surface area contributed by atoms with Gasteiger partial charge in [-0.1, -0.05) is 0 Å². The van der Waals surface area contributed by atoms with Gasteiger partial charge in [-0.25, -0.2) is 4.79 Å². The lowest BCUT2D eigenvalue weighted by molar-refractivity contribution is 0.151. The van der Waals surface area contributed by atoms with E-state index < -0.39 is 0 Å². The van der Waals surface area contributed by atoms with Crippen molar-refractivity contribution < 1.29 is 4.79 Å². The number of fused-ring (bicyclic) bond motifs is 1. The highest BCUT2D eigenvalue weighted by Crippen LogP contribution is 2.26. The second-order valence-electron chi connectivity index (χ2n) is 4.25. The lowest BCUT2D eigenvalue weighted by atomic mass is 9.89. The summed E-state index contributed by atoms with van der Waals surface area (Å²) in [5.74, 6) is 1.49. The van der Waals surface area contributed by atoms with Crippen molar-refractivity contribution in [1.82, 2.24) is 15.5 Å². The zero-order chi connectivity index (χ0) is 9.97. The summed E-state index contributed by atoms with van der Waals surface area (Å²) < 4.78 is 0. The van der Waals surface area contributed by atoms with Crippen LogP contribution in [0.1, 0.15) is 13.3 Å². The van der Waals surface area contributed by atoms with Crippen LogP contribution < -0.4 is 10.6 Å². The number of carbonyl (C=O) groups excluding carboxylic acids is 1. The van der Waals surface area contributed by atoms with E-state index in [1.165, 1.54) is 0 Å². The third kappa shape index (κ3) is 1.85. The summed E-state index contributed by atoms with van der Waals surface area (Å²) in [7, 11) is 0. The Morgan fingerprint density at radius 1 is 1.50 bits per heavy atom. The molecule has 14 heavy (non-hydrogen) atoms. The van der Waals surface area contributed by atoms with Crippen LogP contribution >= 0.6 is 0 Å². The Bertz CT molecular complexity index is 219. The van der Waals surface area contributed by atoms with Gasteiger partial charge in [0.25, 0.3) is 0 Å². The maximum atomic E-state index is 11.6. The molecule has 2 amide bonds. The molecule has 4 nitrogen and oxygen atoms in total. The Morgan fingerprint density at radius 3 is 3.07 bits per heavy atom. The number of urea groups is 1. The van der Waals surface area contributed by atoms with Gasteiger partial charge >= 0.3 is 6.03 Å². The van der Waals surface area contributed by atoms with Gasteiger partial charge in [-0.3, -0.25) is 0 Å². The second kappa shape index (κ2) is 4.17. The van der Waals surface area contributed by atoms with Crippen molar-refractivity contribution in [1.29, 1.82) is 0 Å². The number of hydrogen-bond donors (Lipinski definition) is 2. The molecule has 2 fully saturated rings. The molecule has 2 atom stereocenters. The SMILES string of the molecule is CCNC(=O)N1CCC2CNCC2C1. The minimum absolute atomic E-state index is 0.109. The minimum Gasteiger partial charge on any atom is -0.338 e. The van der Waals surface area contributed by atoms with E-state index in [9.17, 15) is 4.79 Å². The molecule has 0 aromatic carbocycles. The van der Waals surface area contributed by atoms with Gasteiger partial charge in [-0.05, 0) is 38.3 Å². The van der Waals surface area contributed by atoms with Crippen LogP contribution in [0.2, 0.25) is 0 Å². The number of carbonyl (C=O) groups is 1. The van der Waals surface area contributed by atoms with Crippen molar-refractivity contribution in [2.75, 3.05) is 32.7 Å². The van der Waals surface area contributed by atoms with Crippen LogP contribution in [-0.4, -0.2) is 43.7 Å². The van der Waals surface area contributed by atoms with Crippen LogP contribution in [0, 0.1) is 11.8 Å². The maximum Gasteiger partial charge on any atom is 0.317 e. The Hall–Kier alpha value is -0.770. The molecule has 0 aromatic heterocycles. The zero-order valence-corrected chi connectivity index (χ0v) is 8.75. The van der Waals surface area contributed by atoms with Crippen molar-refractivity contribution in [3.05, 3.63) is 0 Å². The number of nitrogens with one attached hydrogen (secondary N) is 2. The number of rotatable bonds is 1. The fourth-order valence-electron chi connectivity index (χ4n) is 2.48. The summed E-state index contributed by atoms with van der Waals surface area (Å²) in [4.78, 5) is 13.5. The van der Waals surface area contributed by atoms with Crippen LogP contribution in [0.5, 0.6) is 0 Å². The normalized spacial score (nSPS) is 31.4. The van der Waals surface area contributed by atoms with Gasteiger partial charge < -0.3 is 15.5 Å². The molecule has 80 valence electrons. The van der Waals surface area contributed by atoms with E-state index in [-0.39, 0.29) is 6.03 Å². The Labute approximate surface area is 85.0 Å². The summed E-state index contributed by atoms with van der Waals surface area (Å²) in [6.45, 7) is 6.77. The van der Waals surface area contributed by atoms with E-state index in [0.29, 0.717) is 5.92 Å². The van der Waals surface area contributed by atoms with Crippen LogP contribution in [0.15, 0.2) is 0 Å². The number of piperidine rings is 1. The Kier molecular flexibility index (Phi) is 2.91. The molecule has 0 spiro atoms. The van der Waals surface area contributed by atoms with Gasteiger partial charge in [0.1, 0.15) is 0 Å². The average molecular weight is 197 g/mol. The summed E-state index contributed by atoms with van der Waals surface area (Å²) in [6.07, 6.45) is 1.16. The molecular weight excluding hydrogens is 178 g/mol. The monoisotopic (exact) mass is 197 g/mol. The predicted molar refractivity (Wildman–Crippen MR) is 55.1 cm³/mol. The average Bonchev–Trinajstić information content (AvgIpc) is 2.64. The molecule has 0 saturated carbocycles. The summed E-state index contributed by atoms with van der Waals surface area (Å²) in [5.41, 5.74) is 0. The minimum atomic E-state index is 0.109. The highest BCUT2D eigenvalue weighted by molar-refractivity contribution is 5.74. The molecule has 0 bridgehead atoms. The zero-order valence-electron chi connectivity index (χ0n) is 8.75. The molecule has 0 aliphatic carbocycles. The molecule has 2 aliphatic rings. The Balaban J connectivity index is 1.87. The molecular formula is C10H19N3O. The Morgan fingerprint density at radius 2 is 2.29 bits per heavy atom. The first kappa shape index (κ1) is 9.77. The fourth-order valence-corrected chi connectivity index (χ4v) is 2.48. The first-order valence-corrected chi connectivity index (χ1v) is 5.54. The number of likely N-dealkylation sites (tertiary alicyclic amines) is 1. The number of hydrogen-bond acceptors (Lipinski definition) is 2. The largest absolute Gasteiger partial charge is 0.338 e. The smallest absolute Gasteiger partial charge is 0.317 e. The van der Waals surface area contributed by atoms with Gasteiger partial charge in [-0.15, -0.1) is 0 Å². The van der Waals surface area contributed by atoms with E-state index >= 15 is 0 Å². The van der Waals surface area contributed by atoms with Crippen molar-refractivity contribution in [3.63, 3.8) is 0 Å². The molecule has 2 aliphatic heterocycles. The van der Waals surface area contributed by atoms with Crippen molar-refractivity contribution in [2.45, 2.75) is 13.3 Å². The quantitative estimate of drug-likeness (QED) is 0.633. The van der Waals surface area contributed by atoms with E-state index in [1.807, 2.05) is 11.8 Å². The van der Waals surface area contributed by atoms with Crippen LogP contribution in [0.3, 0.4) is 0 Å². The van der Waals surface area contributed by atoms with Gasteiger partial charge in [0.05, 0.1) is 0 Å². The molecule has 2 N–H and O–H groups in total. The van der Waals surface area contributed by atoms with Gasteiger partial charge in [-0.2, -0.15) is 0 Å². The van der Waals surface area contributed by atoms with Gasteiger partial charge in [0, 0.05) is 19.6 Å². The van der Waals surface area contributed by atoms with Crippen molar-refractivity contribution in [3.8, 4) is 0 Å². The maximum absolute atomic E-state index is 11.6. The molecule has 2 heterocycles. The summed E-state index contributed by atoms with van der Waals surface area (Å²) in [5, 5.41) is 6.26. The highest BCUT2D eigenvalue weighted by atomic mass is 16.2. The molecule has 4 heteroatoms. The first-order valence-electron chi connectivity index (χ1n) is 5.54. The molecule has 2 unspecified atom stereocenters. The topological polar surface area (TPSA) is 44.4 Å². The molecule has 2 rings (SSSR count). The fraction of sp³-hybridized carbons (Fsp3) is 0.900. The van der Waals surface area contributed by atoms with Gasteiger partial charge in [0.15, 0.2) is 0 Å². The second-order valence-corrected chi connectivity index (χ2v) is 4.25. The highest BCUT2D eigenvalue weighted by Gasteiger charge is 2.34. The lowest BCUT2D eigenvalue weighted by Crippen LogP contribution is -2.47. The third-order valence-electron chi connectivity index (χ3n) is 3.32. The third-order valence-corrected chi connectivity index (χ3v) is 3.32. The predicted octanol–water partition coefficient (Wildman–Crippen LogP) is 0.257. The lowest BCUT2D eigenvalue weighted by Gasteiger charge is -2.34. The molecule has 0 radical (unpaired) electrons. The van der Waals surface area contributed by atoms with Crippen molar-refractivity contribution >= 4 is 6.03 Å². The summed E-state index contributed by atoms with van der Waals surface area (Å²) >= 11 is 0. The van der Waals surface area contributed by atoms with Crippen LogP contribution in [-0.2, 0) is 0 Å². The van der Waals surface area contributed by atoms with E-state index in [2.05, 4.69) is 10.6 Å². The standard InChI is InChI=1S/C10H19N3O/c1-2-12-10(14)13-4-3-8-5-11-6-9(8)7-13/h8-9,11H,2-7H2,1H3,(H,12,14).